The van der Waals surface area contributed by atoms with Crippen LogP contribution in [0.2, 0.25) is 0 Å². The van der Waals surface area contributed by atoms with E-state index < -0.39 is 0 Å². The fourth-order valence-electron chi connectivity index (χ4n) is 5.31. The van der Waals surface area contributed by atoms with E-state index in [0.29, 0.717) is 12.8 Å². The molecule has 38 heavy (non-hydrogen) atoms. The lowest BCUT2D eigenvalue weighted by Crippen LogP contribution is -2.14. The minimum absolute atomic E-state index is 0.0171. The second kappa shape index (κ2) is 10.4. The number of methoxy groups -OCH3 is 3. The van der Waals surface area contributed by atoms with Crippen LogP contribution in [0.5, 0.6) is 17.2 Å². The molecule has 3 nitrogen and oxygen atoms in total. The summed E-state index contributed by atoms with van der Waals surface area (Å²) in [6, 6.07) is 30.2. The van der Waals surface area contributed by atoms with Gasteiger partial charge in [-0.2, -0.15) is 0 Å². The monoisotopic (exact) mass is 504 g/mol. The first-order chi connectivity index (χ1) is 18.3. The lowest BCUT2D eigenvalue weighted by molar-refractivity contribution is 0.400. The molecule has 0 N–H and O–H groups in total. The van der Waals surface area contributed by atoms with Crippen LogP contribution in [0.25, 0.3) is 21.5 Å². The van der Waals surface area contributed by atoms with Gasteiger partial charge in [0.1, 0.15) is 17.2 Å². The molecule has 0 saturated heterocycles. The third-order valence-corrected chi connectivity index (χ3v) is 7.37. The van der Waals surface area contributed by atoms with Gasteiger partial charge in [-0.15, -0.1) is 0 Å². The topological polar surface area (TPSA) is 27.7 Å². The minimum Gasteiger partial charge on any atom is -0.496 e. The number of benzene rings is 5. The Labute approximate surface area is 226 Å². The van der Waals surface area contributed by atoms with Crippen molar-refractivity contribution in [3.8, 4) is 17.2 Å². The molecule has 0 unspecified atom stereocenters. The highest BCUT2D eigenvalue weighted by Crippen LogP contribution is 2.38. The van der Waals surface area contributed by atoms with Crippen LogP contribution in [0.3, 0.4) is 0 Å². The van der Waals surface area contributed by atoms with Crippen molar-refractivity contribution in [1.29, 1.82) is 0 Å². The average molecular weight is 505 g/mol. The second-order valence-electron chi connectivity index (χ2n) is 11.0. The fourth-order valence-corrected chi connectivity index (χ4v) is 5.31. The van der Waals surface area contributed by atoms with E-state index in [1.165, 1.54) is 27.1 Å². The van der Waals surface area contributed by atoms with Crippen LogP contribution in [0.4, 0.5) is 0 Å². The van der Waals surface area contributed by atoms with Crippen molar-refractivity contribution in [1.82, 2.24) is 0 Å². The van der Waals surface area contributed by atoms with Crippen molar-refractivity contribution < 1.29 is 14.2 Å². The van der Waals surface area contributed by atoms with Gasteiger partial charge in [-0.25, -0.2) is 0 Å². The lowest BCUT2D eigenvalue weighted by atomic mass is 9.82. The standard InChI is InChI=1S/C35H36O3/c1-35(2,3)31-19-29(17-27-15-23-11-7-9-13-25(23)21-32(27)36-4)34(38-6)30(20-31)18-28-16-24-12-8-10-14-26(24)22-33(28)37-5/h7-16,19-22H,17-18H2,1-6H3. The Bertz CT molecular complexity index is 1500. The van der Waals surface area contributed by atoms with Crippen LogP contribution in [-0.2, 0) is 18.3 Å². The van der Waals surface area contributed by atoms with E-state index in [0.717, 1.165) is 39.5 Å². The molecule has 0 radical (unpaired) electrons. The molecule has 0 aliphatic carbocycles. The quantitative estimate of drug-likeness (QED) is 0.222. The van der Waals surface area contributed by atoms with Crippen molar-refractivity contribution in [2.24, 2.45) is 0 Å². The van der Waals surface area contributed by atoms with E-state index in [1.807, 2.05) is 0 Å². The molecule has 0 aromatic heterocycles. The van der Waals surface area contributed by atoms with E-state index in [4.69, 9.17) is 14.2 Å². The summed E-state index contributed by atoms with van der Waals surface area (Å²) in [5.74, 6) is 2.71. The third kappa shape index (κ3) is 5.06. The van der Waals surface area contributed by atoms with Crippen molar-refractivity contribution >= 4 is 21.5 Å². The Hall–Kier alpha value is -3.98. The predicted molar refractivity (Wildman–Crippen MR) is 158 cm³/mol. The summed E-state index contributed by atoms with van der Waals surface area (Å²) < 4.78 is 17.8. The third-order valence-electron chi connectivity index (χ3n) is 7.37. The second-order valence-corrected chi connectivity index (χ2v) is 11.0. The molecule has 0 aliphatic heterocycles. The van der Waals surface area contributed by atoms with Crippen molar-refractivity contribution in [3.63, 3.8) is 0 Å². The van der Waals surface area contributed by atoms with Gasteiger partial charge in [-0.1, -0.05) is 81.4 Å². The molecule has 0 saturated carbocycles. The highest BCUT2D eigenvalue weighted by Gasteiger charge is 2.22. The maximum absolute atomic E-state index is 6.13. The van der Waals surface area contributed by atoms with E-state index in [9.17, 15) is 0 Å². The first-order valence-corrected chi connectivity index (χ1v) is 13.1. The van der Waals surface area contributed by atoms with Crippen LogP contribution >= 0.6 is 0 Å². The van der Waals surface area contributed by atoms with Gasteiger partial charge in [0, 0.05) is 12.8 Å². The predicted octanol–water partition coefficient (Wildman–Crippen LogP) is 8.50. The summed E-state index contributed by atoms with van der Waals surface area (Å²) in [7, 11) is 5.26. The molecule has 0 aliphatic rings. The molecular weight excluding hydrogens is 468 g/mol. The first kappa shape index (κ1) is 25.7. The smallest absolute Gasteiger partial charge is 0.125 e. The van der Waals surface area contributed by atoms with Crippen LogP contribution in [0.15, 0.2) is 84.9 Å². The molecule has 0 amide bonds. The Balaban J connectivity index is 1.65. The molecule has 0 fully saturated rings. The van der Waals surface area contributed by atoms with Crippen molar-refractivity contribution in [2.45, 2.75) is 39.0 Å². The van der Waals surface area contributed by atoms with E-state index in [1.54, 1.807) is 21.3 Å². The Morgan fingerprint density at radius 1 is 0.500 bits per heavy atom. The van der Waals surface area contributed by atoms with Crippen LogP contribution in [-0.4, -0.2) is 21.3 Å². The van der Waals surface area contributed by atoms with Gasteiger partial charge in [0.25, 0.3) is 0 Å². The van der Waals surface area contributed by atoms with Crippen LogP contribution < -0.4 is 14.2 Å². The number of hydrogen-bond donors (Lipinski definition) is 0. The van der Waals surface area contributed by atoms with Crippen LogP contribution in [0, 0.1) is 0 Å². The molecule has 0 bridgehead atoms. The van der Waals surface area contributed by atoms with Crippen molar-refractivity contribution in [3.05, 3.63) is 113 Å². The molecule has 5 aromatic rings. The summed E-state index contributed by atoms with van der Waals surface area (Å²) in [5, 5.41) is 4.76. The summed E-state index contributed by atoms with van der Waals surface area (Å²) in [5.41, 5.74) is 5.86. The van der Waals surface area contributed by atoms with Gasteiger partial charge in [0.2, 0.25) is 0 Å². The average Bonchev–Trinajstić information content (AvgIpc) is 2.91. The largest absolute Gasteiger partial charge is 0.496 e. The summed E-state index contributed by atoms with van der Waals surface area (Å²) in [6.45, 7) is 6.78. The van der Waals surface area contributed by atoms with Crippen molar-refractivity contribution in [2.75, 3.05) is 21.3 Å². The zero-order valence-electron chi connectivity index (χ0n) is 23.2. The highest BCUT2D eigenvalue weighted by molar-refractivity contribution is 5.86. The number of ether oxygens (including phenoxy) is 3. The molecule has 5 rings (SSSR count). The number of hydrogen-bond acceptors (Lipinski definition) is 3. The van der Waals surface area contributed by atoms with E-state index in [2.05, 4.69) is 106 Å². The van der Waals surface area contributed by atoms with Gasteiger partial charge in [0.15, 0.2) is 0 Å². The molecule has 0 atom stereocenters. The van der Waals surface area contributed by atoms with E-state index >= 15 is 0 Å². The van der Waals surface area contributed by atoms with Gasteiger partial charge in [-0.3, -0.25) is 0 Å². The first-order valence-electron chi connectivity index (χ1n) is 13.1. The van der Waals surface area contributed by atoms with Gasteiger partial charge in [0.05, 0.1) is 21.3 Å². The maximum atomic E-state index is 6.13. The fraction of sp³-hybridized carbons (Fsp3) is 0.257. The molecule has 194 valence electrons. The van der Waals surface area contributed by atoms with Gasteiger partial charge in [-0.05, 0) is 79.0 Å². The zero-order valence-corrected chi connectivity index (χ0v) is 23.2. The summed E-state index contributed by atoms with van der Waals surface area (Å²) in [6.07, 6.45) is 1.42. The van der Waals surface area contributed by atoms with Gasteiger partial charge < -0.3 is 14.2 Å². The summed E-state index contributed by atoms with van der Waals surface area (Å²) >= 11 is 0. The summed E-state index contributed by atoms with van der Waals surface area (Å²) in [4.78, 5) is 0. The van der Waals surface area contributed by atoms with E-state index in [-0.39, 0.29) is 5.41 Å². The Morgan fingerprint density at radius 3 is 1.24 bits per heavy atom. The molecule has 0 spiro atoms. The minimum atomic E-state index is -0.0171. The maximum Gasteiger partial charge on any atom is 0.125 e. The Kier molecular flexibility index (Phi) is 7.03. The number of fused-ring (bicyclic) bond motifs is 2. The zero-order chi connectivity index (χ0) is 26.9. The normalized spacial score (nSPS) is 11.6. The Morgan fingerprint density at radius 2 is 0.895 bits per heavy atom. The van der Waals surface area contributed by atoms with Crippen LogP contribution in [0.1, 0.15) is 48.6 Å². The molecular formula is C35H36O3. The SMILES string of the molecule is COc1cc2ccccc2cc1Cc1cc(C(C)(C)C)cc(Cc2cc3ccccc3cc2OC)c1OC. The molecule has 0 heterocycles. The lowest BCUT2D eigenvalue weighted by Gasteiger charge is -2.24. The highest BCUT2D eigenvalue weighted by atomic mass is 16.5. The molecule has 5 aromatic carbocycles. The molecule has 3 heteroatoms. The number of rotatable bonds is 7. The van der Waals surface area contributed by atoms with Gasteiger partial charge >= 0.3 is 0 Å².